The average Bonchev–Trinajstić information content (AvgIpc) is 3.17. The second-order valence-electron chi connectivity index (χ2n) is 8.24. The highest BCUT2D eigenvalue weighted by Gasteiger charge is 2.29. The SMILES string of the molecule is C=C(c1cc2cc(Cl)ncc2[nH]1)N(C)C1CCCc2[nH]c(=O)c3cc(C)c(F)cc3c21. The molecule has 1 aliphatic rings. The standard InChI is InChI=1S/C24H22ClFN4O/c1-12-7-16-15(10-17(12)26)23-18(29-24(16)31)5-4-6-21(23)30(3)13(2)19-8-14-9-22(25)27-11-20(14)28-19/h7-11,21,28H,2,4-6H2,1,3H3,(H,29,31). The molecule has 4 aromatic rings. The summed E-state index contributed by atoms with van der Waals surface area (Å²) in [6.45, 7) is 5.99. The number of pyridine rings is 2. The lowest BCUT2D eigenvalue weighted by molar-refractivity contribution is 0.316. The fraction of sp³-hybridized carbons (Fsp3) is 0.250. The molecule has 3 heterocycles. The molecular formula is C24H22ClFN4O. The minimum atomic E-state index is -0.300. The van der Waals surface area contributed by atoms with Crippen molar-refractivity contribution in [2.75, 3.05) is 7.05 Å². The highest BCUT2D eigenvalue weighted by molar-refractivity contribution is 6.30. The molecule has 5 rings (SSSR count). The van der Waals surface area contributed by atoms with Crippen LogP contribution < -0.4 is 5.56 Å². The van der Waals surface area contributed by atoms with Gasteiger partial charge in [-0.25, -0.2) is 9.37 Å². The first-order valence-electron chi connectivity index (χ1n) is 10.2. The van der Waals surface area contributed by atoms with Crippen LogP contribution in [-0.4, -0.2) is 26.9 Å². The Hall–Kier alpha value is -3.12. The number of hydrogen-bond donors (Lipinski definition) is 2. The Balaban J connectivity index is 1.61. The quantitative estimate of drug-likeness (QED) is 0.417. The van der Waals surface area contributed by atoms with Crippen LogP contribution in [0.25, 0.3) is 27.4 Å². The summed E-state index contributed by atoms with van der Waals surface area (Å²) in [5, 5.41) is 2.60. The Morgan fingerprint density at radius 3 is 2.87 bits per heavy atom. The van der Waals surface area contributed by atoms with Gasteiger partial charge in [0.05, 0.1) is 29.1 Å². The van der Waals surface area contributed by atoms with E-state index in [0.717, 1.165) is 52.8 Å². The van der Waals surface area contributed by atoms with E-state index in [1.807, 2.05) is 19.2 Å². The van der Waals surface area contributed by atoms with Gasteiger partial charge in [-0.15, -0.1) is 0 Å². The van der Waals surface area contributed by atoms with Crippen molar-refractivity contribution >= 4 is 39.0 Å². The summed E-state index contributed by atoms with van der Waals surface area (Å²) in [4.78, 5) is 25.3. The van der Waals surface area contributed by atoms with Crippen LogP contribution in [0.1, 0.15) is 41.4 Å². The Kier molecular flexibility index (Phi) is 4.63. The number of fused-ring (bicyclic) bond motifs is 4. The largest absolute Gasteiger partial charge is 0.366 e. The molecule has 0 aliphatic heterocycles. The third-order valence-corrected chi connectivity index (χ3v) is 6.54. The summed E-state index contributed by atoms with van der Waals surface area (Å²) >= 11 is 6.02. The molecule has 3 aromatic heterocycles. The normalized spacial score (nSPS) is 15.9. The van der Waals surface area contributed by atoms with E-state index in [1.54, 1.807) is 19.2 Å². The number of hydrogen-bond acceptors (Lipinski definition) is 3. The maximum atomic E-state index is 14.5. The highest BCUT2D eigenvalue weighted by atomic mass is 35.5. The van der Waals surface area contributed by atoms with E-state index in [-0.39, 0.29) is 17.4 Å². The summed E-state index contributed by atoms with van der Waals surface area (Å²) in [6, 6.07) is 6.91. The molecule has 0 radical (unpaired) electrons. The third-order valence-electron chi connectivity index (χ3n) is 6.34. The fourth-order valence-corrected chi connectivity index (χ4v) is 4.81. The monoisotopic (exact) mass is 436 g/mol. The number of rotatable bonds is 3. The van der Waals surface area contributed by atoms with Crippen LogP contribution in [0, 0.1) is 12.7 Å². The minimum Gasteiger partial charge on any atom is -0.366 e. The smallest absolute Gasteiger partial charge is 0.256 e. The molecule has 0 bridgehead atoms. The summed E-state index contributed by atoms with van der Waals surface area (Å²) in [7, 11) is 1.99. The summed E-state index contributed by atoms with van der Waals surface area (Å²) in [5.74, 6) is -0.300. The number of halogens is 2. The predicted octanol–water partition coefficient (Wildman–Crippen LogP) is 5.49. The van der Waals surface area contributed by atoms with Gasteiger partial charge in [-0.1, -0.05) is 18.2 Å². The number of benzene rings is 1. The first-order chi connectivity index (χ1) is 14.8. The van der Waals surface area contributed by atoms with E-state index in [4.69, 9.17) is 11.6 Å². The fourth-order valence-electron chi connectivity index (χ4n) is 4.65. The van der Waals surface area contributed by atoms with E-state index in [9.17, 15) is 9.18 Å². The van der Waals surface area contributed by atoms with Crippen molar-refractivity contribution in [3.05, 3.63) is 80.9 Å². The molecule has 2 N–H and O–H groups in total. The van der Waals surface area contributed by atoms with E-state index in [1.165, 1.54) is 6.07 Å². The van der Waals surface area contributed by atoms with Crippen LogP contribution >= 0.6 is 11.6 Å². The minimum absolute atomic E-state index is 0.0363. The zero-order valence-electron chi connectivity index (χ0n) is 17.4. The Bertz CT molecular complexity index is 1420. The zero-order valence-corrected chi connectivity index (χ0v) is 18.1. The molecule has 0 fully saturated rings. The Morgan fingerprint density at radius 1 is 1.26 bits per heavy atom. The number of aromatic amines is 2. The molecule has 1 atom stereocenters. The second kappa shape index (κ2) is 7.24. The predicted molar refractivity (Wildman–Crippen MR) is 123 cm³/mol. The second-order valence-corrected chi connectivity index (χ2v) is 8.62. The molecule has 7 heteroatoms. The topological polar surface area (TPSA) is 64.8 Å². The van der Waals surface area contributed by atoms with Crippen molar-refractivity contribution < 1.29 is 4.39 Å². The number of H-pyrrole nitrogens is 2. The molecular weight excluding hydrogens is 415 g/mol. The molecule has 0 amide bonds. The number of aromatic nitrogens is 3. The van der Waals surface area contributed by atoms with E-state index in [0.29, 0.717) is 21.5 Å². The molecule has 5 nitrogen and oxygen atoms in total. The van der Waals surface area contributed by atoms with Gasteiger partial charge in [0.2, 0.25) is 0 Å². The lowest BCUT2D eigenvalue weighted by Gasteiger charge is -2.36. The summed E-state index contributed by atoms with van der Waals surface area (Å²) in [5.41, 5.74) is 4.70. The molecule has 0 saturated heterocycles. The van der Waals surface area contributed by atoms with E-state index < -0.39 is 0 Å². The van der Waals surface area contributed by atoms with Gasteiger partial charge in [0.15, 0.2) is 0 Å². The van der Waals surface area contributed by atoms with Gasteiger partial charge in [0.1, 0.15) is 11.0 Å². The van der Waals surface area contributed by atoms with Crippen molar-refractivity contribution in [2.24, 2.45) is 0 Å². The van der Waals surface area contributed by atoms with Gasteiger partial charge in [0, 0.05) is 29.1 Å². The Morgan fingerprint density at radius 2 is 2.06 bits per heavy atom. The van der Waals surface area contributed by atoms with Crippen LogP contribution in [0.5, 0.6) is 0 Å². The lowest BCUT2D eigenvalue weighted by Crippen LogP contribution is -2.29. The summed E-state index contributed by atoms with van der Waals surface area (Å²) < 4.78 is 14.5. The maximum Gasteiger partial charge on any atom is 0.256 e. The first-order valence-corrected chi connectivity index (χ1v) is 10.6. The molecule has 0 saturated carbocycles. The molecule has 1 unspecified atom stereocenters. The molecule has 31 heavy (non-hydrogen) atoms. The van der Waals surface area contributed by atoms with E-state index in [2.05, 4.69) is 26.4 Å². The van der Waals surface area contributed by atoms with Gasteiger partial charge < -0.3 is 14.9 Å². The average molecular weight is 437 g/mol. The van der Waals surface area contributed by atoms with Crippen molar-refractivity contribution in [1.29, 1.82) is 0 Å². The molecule has 1 aliphatic carbocycles. The maximum absolute atomic E-state index is 14.5. The molecule has 158 valence electrons. The first kappa shape index (κ1) is 19.8. The van der Waals surface area contributed by atoms with E-state index >= 15 is 0 Å². The van der Waals surface area contributed by atoms with Crippen molar-refractivity contribution in [1.82, 2.24) is 19.9 Å². The zero-order chi connectivity index (χ0) is 21.9. The van der Waals surface area contributed by atoms with Gasteiger partial charge in [-0.3, -0.25) is 4.79 Å². The Labute approximate surface area is 183 Å². The van der Waals surface area contributed by atoms with Gasteiger partial charge in [-0.2, -0.15) is 0 Å². The van der Waals surface area contributed by atoms with Gasteiger partial charge in [-0.05, 0) is 61.4 Å². The van der Waals surface area contributed by atoms with Crippen molar-refractivity contribution in [3.63, 3.8) is 0 Å². The van der Waals surface area contributed by atoms with Crippen LogP contribution in [0.3, 0.4) is 0 Å². The van der Waals surface area contributed by atoms with Crippen molar-refractivity contribution in [2.45, 2.75) is 32.2 Å². The lowest BCUT2D eigenvalue weighted by atomic mass is 9.86. The van der Waals surface area contributed by atoms with Gasteiger partial charge >= 0.3 is 0 Å². The highest BCUT2D eigenvalue weighted by Crippen LogP contribution is 2.40. The third kappa shape index (κ3) is 3.22. The number of nitrogens with zero attached hydrogens (tertiary/aromatic N) is 2. The van der Waals surface area contributed by atoms with Crippen LogP contribution in [0.2, 0.25) is 5.15 Å². The summed E-state index contributed by atoms with van der Waals surface area (Å²) in [6.07, 6.45) is 4.28. The number of nitrogens with one attached hydrogen (secondary N) is 2. The van der Waals surface area contributed by atoms with Crippen LogP contribution in [0.4, 0.5) is 4.39 Å². The van der Waals surface area contributed by atoms with Crippen LogP contribution in [-0.2, 0) is 6.42 Å². The van der Waals surface area contributed by atoms with Crippen LogP contribution in [0.15, 0.2) is 41.8 Å². The van der Waals surface area contributed by atoms with Crippen molar-refractivity contribution in [3.8, 4) is 0 Å². The molecule has 0 spiro atoms. The van der Waals surface area contributed by atoms with Gasteiger partial charge in [0.25, 0.3) is 5.56 Å². The molecule has 1 aromatic carbocycles. The number of aryl methyl sites for hydroxylation is 2.